The molecule has 26 heavy (non-hydrogen) atoms. The lowest BCUT2D eigenvalue weighted by Crippen LogP contribution is -2.38. The highest BCUT2D eigenvalue weighted by atomic mass is 32.1. The smallest absolute Gasteiger partial charge is 0.236 e. The lowest BCUT2D eigenvalue weighted by atomic mass is 10.1. The van der Waals surface area contributed by atoms with E-state index in [4.69, 9.17) is 0 Å². The molecule has 1 fully saturated rings. The van der Waals surface area contributed by atoms with Gasteiger partial charge in [-0.3, -0.25) is 9.69 Å². The molecule has 1 saturated heterocycles. The highest BCUT2D eigenvalue weighted by Gasteiger charge is 2.29. The predicted octanol–water partition coefficient (Wildman–Crippen LogP) is 3.43. The first kappa shape index (κ1) is 17.2. The molecule has 0 saturated carbocycles. The summed E-state index contributed by atoms with van der Waals surface area (Å²) in [6, 6.07) is 12.7. The molecule has 6 heteroatoms. The number of rotatable bonds is 5. The molecule has 1 amide bonds. The minimum absolute atomic E-state index is 0.158. The van der Waals surface area contributed by atoms with Gasteiger partial charge in [-0.1, -0.05) is 12.1 Å². The van der Waals surface area contributed by atoms with E-state index in [0.29, 0.717) is 19.1 Å². The van der Waals surface area contributed by atoms with Crippen molar-refractivity contribution in [3.63, 3.8) is 0 Å². The molecule has 1 aliphatic rings. The first-order valence-electron chi connectivity index (χ1n) is 9.05. The second-order valence-corrected chi connectivity index (χ2v) is 8.11. The van der Waals surface area contributed by atoms with E-state index in [1.807, 2.05) is 25.2 Å². The van der Waals surface area contributed by atoms with Gasteiger partial charge in [0, 0.05) is 26.0 Å². The number of nitrogens with zero attached hydrogens (tertiary/aromatic N) is 4. The lowest BCUT2D eigenvalue weighted by molar-refractivity contribution is -0.131. The molecule has 3 heterocycles. The minimum Gasteiger partial charge on any atom is -0.353 e. The van der Waals surface area contributed by atoms with Crippen LogP contribution < -0.4 is 0 Å². The number of hydrogen-bond acceptors (Lipinski definition) is 4. The normalized spacial score (nSPS) is 17.8. The Morgan fingerprint density at radius 3 is 2.92 bits per heavy atom. The van der Waals surface area contributed by atoms with Crippen molar-refractivity contribution >= 4 is 27.5 Å². The predicted molar refractivity (Wildman–Crippen MR) is 105 cm³/mol. The third-order valence-electron chi connectivity index (χ3n) is 5.16. The summed E-state index contributed by atoms with van der Waals surface area (Å²) in [5, 5.41) is 0.988. The average molecular weight is 369 g/mol. The Labute approximate surface area is 157 Å². The van der Waals surface area contributed by atoms with Gasteiger partial charge in [0.05, 0.1) is 29.3 Å². The monoisotopic (exact) mass is 368 g/mol. The summed E-state index contributed by atoms with van der Waals surface area (Å²) in [5.74, 6) is 0.158. The van der Waals surface area contributed by atoms with Gasteiger partial charge in [-0.15, -0.1) is 11.3 Å². The van der Waals surface area contributed by atoms with E-state index in [-0.39, 0.29) is 5.91 Å². The van der Waals surface area contributed by atoms with Crippen molar-refractivity contribution in [2.24, 2.45) is 7.05 Å². The SMILES string of the molecule is CN(Cc1nc2ccccc2s1)C(=O)CN1CCCC1c1cccn1C. The number of hydrogen-bond donors (Lipinski definition) is 0. The number of carbonyl (C=O) groups is 1. The van der Waals surface area contributed by atoms with Gasteiger partial charge in [0.15, 0.2) is 0 Å². The number of benzene rings is 1. The first-order chi connectivity index (χ1) is 12.6. The molecule has 0 N–H and O–H groups in total. The Bertz CT molecular complexity index is 882. The zero-order valence-electron chi connectivity index (χ0n) is 15.3. The maximum atomic E-state index is 12.8. The van der Waals surface area contributed by atoms with E-state index in [1.54, 1.807) is 16.2 Å². The number of amides is 1. The first-order valence-corrected chi connectivity index (χ1v) is 9.87. The maximum Gasteiger partial charge on any atom is 0.236 e. The van der Waals surface area contributed by atoms with E-state index in [2.05, 4.69) is 45.9 Å². The number of thiazole rings is 1. The number of carbonyl (C=O) groups excluding carboxylic acids is 1. The van der Waals surface area contributed by atoms with Crippen LogP contribution in [0.15, 0.2) is 42.6 Å². The third-order valence-corrected chi connectivity index (χ3v) is 6.18. The van der Waals surface area contributed by atoms with E-state index < -0.39 is 0 Å². The second-order valence-electron chi connectivity index (χ2n) is 7.00. The fourth-order valence-corrected chi connectivity index (χ4v) is 4.76. The third kappa shape index (κ3) is 3.39. The van der Waals surface area contributed by atoms with Crippen LogP contribution in [0.3, 0.4) is 0 Å². The molecule has 0 radical (unpaired) electrons. The van der Waals surface area contributed by atoms with Crippen LogP contribution in [-0.4, -0.2) is 45.4 Å². The molecule has 1 atom stereocenters. The summed E-state index contributed by atoms with van der Waals surface area (Å²) in [5.41, 5.74) is 2.31. The van der Waals surface area contributed by atoms with Crippen LogP contribution in [-0.2, 0) is 18.4 Å². The number of fused-ring (bicyclic) bond motifs is 1. The summed E-state index contributed by atoms with van der Waals surface area (Å²) < 4.78 is 3.34. The number of likely N-dealkylation sites (N-methyl/N-ethyl adjacent to an activating group) is 1. The van der Waals surface area contributed by atoms with Crippen LogP contribution >= 0.6 is 11.3 Å². The summed E-state index contributed by atoms with van der Waals surface area (Å²) in [6.07, 6.45) is 4.34. The molecule has 5 nitrogen and oxygen atoms in total. The summed E-state index contributed by atoms with van der Waals surface area (Å²) in [4.78, 5) is 21.5. The Balaban J connectivity index is 1.41. The average Bonchev–Trinajstić information content (AvgIpc) is 3.33. The fourth-order valence-electron chi connectivity index (χ4n) is 3.74. The molecule has 0 bridgehead atoms. The zero-order valence-corrected chi connectivity index (χ0v) is 16.1. The number of para-hydroxylation sites is 1. The van der Waals surface area contributed by atoms with Crippen LogP contribution in [0.1, 0.15) is 29.6 Å². The number of aromatic nitrogens is 2. The molecule has 136 valence electrons. The molecule has 0 spiro atoms. The quantitative estimate of drug-likeness (QED) is 0.693. The Hall–Kier alpha value is -2.18. The van der Waals surface area contributed by atoms with Crippen LogP contribution in [0.25, 0.3) is 10.2 Å². The molecule has 1 unspecified atom stereocenters. The fraction of sp³-hybridized carbons (Fsp3) is 0.400. The highest BCUT2D eigenvalue weighted by molar-refractivity contribution is 7.18. The van der Waals surface area contributed by atoms with Crippen molar-refractivity contribution in [2.45, 2.75) is 25.4 Å². The zero-order chi connectivity index (χ0) is 18.1. The molecule has 3 aromatic rings. The van der Waals surface area contributed by atoms with Crippen molar-refractivity contribution in [3.8, 4) is 0 Å². The molecule has 1 aliphatic heterocycles. The second kappa shape index (κ2) is 7.21. The van der Waals surface area contributed by atoms with E-state index in [1.165, 1.54) is 10.4 Å². The van der Waals surface area contributed by atoms with E-state index >= 15 is 0 Å². The molecular formula is C20H24N4OS. The van der Waals surface area contributed by atoms with Gasteiger partial charge in [0.25, 0.3) is 0 Å². The molecule has 0 aliphatic carbocycles. The summed E-state index contributed by atoms with van der Waals surface area (Å²) in [6.45, 7) is 2.02. The summed E-state index contributed by atoms with van der Waals surface area (Å²) in [7, 11) is 3.95. The van der Waals surface area contributed by atoms with Crippen LogP contribution in [0.5, 0.6) is 0 Å². The van der Waals surface area contributed by atoms with Gasteiger partial charge >= 0.3 is 0 Å². The van der Waals surface area contributed by atoms with Gasteiger partial charge in [-0.05, 0) is 43.7 Å². The van der Waals surface area contributed by atoms with Crippen molar-refractivity contribution in [1.82, 2.24) is 19.4 Å². The van der Waals surface area contributed by atoms with Crippen LogP contribution in [0, 0.1) is 0 Å². The number of likely N-dealkylation sites (tertiary alicyclic amines) is 1. The van der Waals surface area contributed by atoms with Gasteiger partial charge in [0.2, 0.25) is 5.91 Å². The van der Waals surface area contributed by atoms with E-state index in [9.17, 15) is 4.79 Å². The van der Waals surface area contributed by atoms with E-state index in [0.717, 1.165) is 29.9 Å². The molecule has 2 aromatic heterocycles. The van der Waals surface area contributed by atoms with Crippen molar-refractivity contribution < 1.29 is 4.79 Å². The molecule has 4 rings (SSSR count). The van der Waals surface area contributed by atoms with Crippen LogP contribution in [0.4, 0.5) is 0 Å². The van der Waals surface area contributed by atoms with Gasteiger partial charge in [-0.25, -0.2) is 4.98 Å². The topological polar surface area (TPSA) is 41.4 Å². The van der Waals surface area contributed by atoms with Crippen molar-refractivity contribution in [3.05, 3.63) is 53.3 Å². The maximum absolute atomic E-state index is 12.8. The largest absolute Gasteiger partial charge is 0.353 e. The van der Waals surface area contributed by atoms with Gasteiger partial charge < -0.3 is 9.47 Å². The molecule has 1 aromatic carbocycles. The number of aryl methyl sites for hydroxylation is 1. The molecular weight excluding hydrogens is 344 g/mol. The van der Waals surface area contributed by atoms with Gasteiger partial charge in [0.1, 0.15) is 5.01 Å². The van der Waals surface area contributed by atoms with Crippen molar-refractivity contribution in [1.29, 1.82) is 0 Å². The Morgan fingerprint density at radius 2 is 2.15 bits per heavy atom. The standard InChI is InChI=1S/C20H24N4OS/c1-22-11-5-8-16(22)17-9-6-12-24(17)14-20(25)23(2)13-19-21-15-7-3-4-10-18(15)26-19/h3-5,7-8,10-11,17H,6,9,12-14H2,1-2H3. The minimum atomic E-state index is 0.158. The van der Waals surface area contributed by atoms with Crippen molar-refractivity contribution in [2.75, 3.05) is 20.1 Å². The Morgan fingerprint density at radius 1 is 1.31 bits per heavy atom. The van der Waals surface area contributed by atoms with Crippen LogP contribution in [0.2, 0.25) is 0 Å². The summed E-state index contributed by atoms with van der Waals surface area (Å²) >= 11 is 1.66. The highest BCUT2D eigenvalue weighted by Crippen LogP contribution is 2.31. The lowest BCUT2D eigenvalue weighted by Gasteiger charge is -2.26. The Kier molecular flexibility index (Phi) is 4.78. The van der Waals surface area contributed by atoms with Gasteiger partial charge in [-0.2, -0.15) is 0 Å².